The fourth-order valence-corrected chi connectivity index (χ4v) is 6.63. The van der Waals surface area contributed by atoms with E-state index in [1.54, 1.807) is 0 Å². The molecule has 0 aliphatic heterocycles. The lowest BCUT2D eigenvalue weighted by molar-refractivity contribution is -0.155. The minimum Gasteiger partial charge on any atom is -0.480 e. The maximum atomic E-state index is 12.4. The first kappa shape index (κ1) is 41.2. The van der Waals surface area contributed by atoms with Gasteiger partial charge in [0.15, 0.2) is 0 Å². The maximum Gasteiger partial charge on any atom is 0.326 e. The molecular weight excluding hydrogens is 632 g/mol. The molecule has 1 amide bonds. The zero-order chi connectivity index (χ0) is 36.2. The monoisotopic (exact) mass is 694 g/mol. The minimum absolute atomic E-state index is 0.00651. The number of carbonyl (C=O) groups is 3. The number of fused-ring (bicyclic) bond motifs is 3. The van der Waals surface area contributed by atoms with Gasteiger partial charge in [0, 0.05) is 25.3 Å². The molecule has 278 valence electrons. The van der Waals surface area contributed by atoms with Gasteiger partial charge in [0.05, 0.1) is 6.61 Å². The second-order valence-corrected chi connectivity index (χ2v) is 14.7. The topological polar surface area (TPSA) is 134 Å². The molecule has 0 aromatic heterocycles. The zero-order valence-electron chi connectivity index (χ0n) is 30.7. The highest BCUT2D eigenvalue weighted by molar-refractivity contribution is 5.83. The second-order valence-electron chi connectivity index (χ2n) is 14.7. The molecule has 9 nitrogen and oxygen atoms in total. The van der Waals surface area contributed by atoms with Crippen LogP contribution in [-0.4, -0.2) is 59.3 Å². The number of carboxylic acids is 1. The number of rotatable bonds is 26. The second kappa shape index (κ2) is 22.5. The normalized spacial score (nSPS) is 13.8. The summed E-state index contributed by atoms with van der Waals surface area (Å²) in [5.74, 6) is -1.43. The van der Waals surface area contributed by atoms with Crippen LogP contribution in [0.4, 0.5) is 0 Å². The summed E-state index contributed by atoms with van der Waals surface area (Å²) in [5.41, 5.74) is 4.28. The van der Waals surface area contributed by atoms with Gasteiger partial charge in [-0.2, -0.15) is 0 Å². The van der Waals surface area contributed by atoms with Crippen LogP contribution in [0.1, 0.15) is 147 Å². The van der Waals surface area contributed by atoms with Crippen LogP contribution >= 0.6 is 0 Å². The number of hydrogen-bond donors (Lipinski definition) is 4. The smallest absolute Gasteiger partial charge is 0.326 e. The van der Waals surface area contributed by atoms with Crippen LogP contribution in [0.3, 0.4) is 0 Å². The van der Waals surface area contributed by atoms with E-state index in [0.717, 1.165) is 49.7 Å². The Bertz CT molecular complexity index is 1260. The van der Waals surface area contributed by atoms with E-state index in [-0.39, 0.29) is 37.4 Å². The molecule has 2 aromatic carbocycles. The number of esters is 1. The third-order valence-electron chi connectivity index (χ3n) is 9.22. The van der Waals surface area contributed by atoms with Crippen LogP contribution in [0, 0.1) is 0 Å². The van der Waals surface area contributed by atoms with Crippen LogP contribution in [0.25, 0.3) is 11.1 Å². The zero-order valence-corrected chi connectivity index (χ0v) is 30.7. The summed E-state index contributed by atoms with van der Waals surface area (Å²) >= 11 is 0. The van der Waals surface area contributed by atoms with E-state index in [1.807, 2.05) is 45.0 Å². The van der Waals surface area contributed by atoms with Gasteiger partial charge in [0.1, 0.15) is 11.6 Å². The van der Waals surface area contributed by atoms with Crippen molar-refractivity contribution in [2.24, 2.45) is 0 Å². The number of amides is 1. The molecule has 0 radical (unpaired) electrons. The van der Waals surface area contributed by atoms with Gasteiger partial charge < -0.3 is 25.0 Å². The molecule has 1 unspecified atom stereocenters. The summed E-state index contributed by atoms with van der Waals surface area (Å²) in [5, 5.41) is 25.5. The van der Waals surface area contributed by atoms with Crippen LogP contribution in [0.5, 0.6) is 0 Å². The molecule has 0 saturated carbocycles. The van der Waals surface area contributed by atoms with Gasteiger partial charge >= 0.3 is 11.9 Å². The average molecular weight is 695 g/mol. The van der Waals surface area contributed by atoms with Crippen molar-refractivity contribution >= 4 is 17.8 Å². The number of ether oxygens (including phenoxy) is 2. The van der Waals surface area contributed by atoms with Gasteiger partial charge in [-0.15, -0.1) is 0 Å². The van der Waals surface area contributed by atoms with E-state index in [4.69, 9.17) is 9.47 Å². The Kier molecular flexibility index (Phi) is 18.5. The van der Waals surface area contributed by atoms with E-state index in [2.05, 4.69) is 34.9 Å². The number of hydrogen-bond acceptors (Lipinski definition) is 7. The molecule has 0 spiro atoms. The van der Waals surface area contributed by atoms with E-state index >= 15 is 0 Å². The van der Waals surface area contributed by atoms with Crippen molar-refractivity contribution < 1.29 is 34.1 Å². The lowest BCUT2D eigenvalue weighted by Crippen LogP contribution is -2.44. The van der Waals surface area contributed by atoms with Crippen LogP contribution < -0.4 is 10.6 Å². The molecule has 2 aromatic rings. The Morgan fingerprint density at radius 2 is 1.18 bits per heavy atom. The van der Waals surface area contributed by atoms with Gasteiger partial charge in [0.25, 0.3) is 0 Å². The number of aliphatic carboxylic acids is 1. The Morgan fingerprint density at radius 3 is 1.66 bits per heavy atom. The van der Waals surface area contributed by atoms with Crippen molar-refractivity contribution in [1.82, 2.24) is 10.6 Å². The molecule has 0 saturated heterocycles. The fourth-order valence-electron chi connectivity index (χ4n) is 6.63. The molecular formula is C41H62N2O7. The first-order valence-electron chi connectivity index (χ1n) is 19.0. The maximum absolute atomic E-state index is 12.4. The molecule has 9 heteroatoms. The molecule has 50 heavy (non-hydrogen) atoms. The summed E-state index contributed by atoms with van der Waals surface area (Å²) in [6.45, 7) is 6.16. The highest BCUT2D eigenvalue weighted by atomic mass is 16.6. The molecule has 3 rings (SSSR count). The summed E-state index contributed by atoms with van der Waals surface area (Å²) in [6.07, 6.45) is 15.6. The van der Waals surface area contributed by atoms with Crippen molar-refractivity contribution in [3.63, 3.8) is 0 Å². The minimum atomic E-state index is -1.25. The molecule has 0 fully saturated rings. The molecule has 1 aliphatic carbocycles. The average Bonchev–Trinajstić information content (AvgIpc) is 3.39. The molecule has 0 bridgehead atoms. The number of carboxylic acid groups (broad SMARTS) is 1. The van der Waals surface area contributed by atoms with Crippen LogP contribution in [-0.2, 0) is 23.9 Å². The Balaban J connectivity index is 1.14. The molecule has 0 heterocycles. The first-order valence-corrected chi connectivity index (χ1v) is 19.0. The van der Waals surface area contributed by atoms with E-state index < -0.39 is 24.0 Å². The quantitative estimate of drug-likeness (QED) is 0.0440. The molecule has 1 aliphatic rings. The van der Waals surface area contributed by atoms with Gasteiger partial charge in [-0.1, -0.05) is 126 Å². The number of aliphatic hydroxyl groups excluding tert-OH is 1. The number of unbranched alkanes of at least 4 members (excludes halogenated alkanes) is 13. The highest BCUT2D eigenvalue weighted by Crippen LogP contribution is 2.44. The van der Waals surface area contributed by atoms with Crippen LogP contribution in [0.2, 0.25) is 0 Å². The summed E-state index contributed by atoms with van der Waals surface area (Å²) in [4.78, 5) is 35.9. The van der Waals surface area contributed by atoms with Crippen molar-refractivity contribution in [1.29, 1.82) is 0 Å². The fraction of sp³-hybridized carbons (Fsp3) is 0.634. The highest BCUT2D eigenvalue weighted by Gasteiger charge is 2.29. The molecule has 2 atom stereocenters. The predicted molar refractivity (Wildman–Crippen MR) is 198 cm³/mol. The number of nitrogens with one attached hydrogen (secondary N) is 2. The standard InChI is InChI=1S/C41H62N2O7/c1-41(2,3)50-38(45)27-17-15-13-11-9-7-5-4-6-8-10-12-14-16-26-37(44)43-36(39(46)47)28-29-42-40(48)49-30-35-33-24-20-18-22-31(33)32-23-19-21-25-34(32)35/h18-25,35-36,40,42,48H,4-17,26-30H2,1-3H3,(H,43,44)(H,46,47)/t36-,40?/m0/s1. The van der Waals surface area contributed by atoms with Gasteiger partial charge in [-0.25, -0.2) is 4.79 Å². The Morgan fingerprint density at radius 1 is 0.720 bits per heavy atom. The van der Waals surface area contributed by atoms with Crippen molar-refractivity contribution in [3.8, 4) is 11.1 Å². The summed E-state index contributed by atoms with van der Waals surface area (Å²) in [7, 11) is 0. The summed E-state index contributed by atoms with van der Waals surface area (Å²) in [6, 6.07) is 15.4. The Hall–Kier alpha value is -3.27. The number of aliphatic hydroxyl groups is 1. The molecule has 4 N–H and O–H groups in total. The third-order valence-corrected chi connectivity index (χ3v) is 9.22. The number of benzene rings is 2. The van der Waals surface area contributed by atoms with E-state index in [1.165, 1.54) is 62.5 Å². The number of carbonyl (C=O) groups excluding carboxylic acids is 2. The first-order chi connectivity index (χ1) is 24.0. The lowest BCUT2D eigenvalue weighted by Gasteiger charge is -2.20. The third kappa shape index (κ3) is 15.7. The lowest BCUT2D eigenvalue weighted by atomic mass is 9.98. The van der Waals surface area contributed by atoms with Gasteiger partial charge in [0.2, 0.25) is 12.3 Å². The van der Waals surface area contributed by atoms with Crippen molar-refractivity contribution in [2.45, 2.75) is 154 Å². The van der Waals surface area contributed by atoms with Crippen LogP contribution in [0.15, 0.2) is 48.5 Å². The summed E-state index contributed by atoms with van der Waals surface area (Å²) < 4.78 is 11.1. The predicted octanol–water partition coefficient (Wildman–Crippen LogP) is 8.22. The van der Waals surface area contributed by atoms with E-state index in [0.29, 0.717) is 12.8 Å². The largest absolute Gasteiger partial charge is 0.480 e. The Labute approximate surface area is 299 Å². The van der Waals surface area contributed by atoms with Crippen molar-refractivity contribution in [3.05, 3.63) is 59.7 Å². The van der Waals surface area contributed by atoms with Crippen molar-refractivity contribution in [2.75, 3.05) is 13.2 Å². The SMILES string of the molecule is CC(C)(C)OC(=O)CCCCCCCCCCCCCCCCC(=O)N[C@@H](CCNC(O)OCC1c2ccccc2-c2ccccc21)C(=O)O. The van der Waals surface area contributed by atoms with E-state index in [9.17, 15) is 24.6 Å². The van der Waals surface area contributed by atoms with Gasteiger partial charge in [-0.3, -0.25) is 14.9 Å². The van der Waals surface area contributed by atoms with Gasteiger partial charge in [-0.05, 0) is 62.3 Å².